The number of rotatable bonds is 6. The third kappa shape index (κ3) is 4.49. The van der Waals surface area contributed by atoms with Crippen LogP contribution in [0.5, 0.6) is 0 Å². The lowest BCUT2D eigenvalue weighted by molar-refractivity contribution is -0.146. The van der Waals surface area contributed by atoms with Gasteiger partial charge in [-0.25, -0.2) is 0 Å². The van der Waals surface area contributed by atoms with Gasteiger partial charge in [0.05, 0.1) is 18.8 Å². The Labute approximate surface area is 97.7 Å². The molecular formula is C12H23NO3. The molecule has 1 heterocycles. The minimum Gasteiger partial charge on any atom is -0.462 e. The van der Waals surface area contributed by atoms with E-state index < -0.39 is 0 Å². The van der Waals surface area contributed by atoms with Crippen molar-refractivity contribution in [3.63, 3.8) is 0 Å². The molecule has 0 radical (unpaired) electrons. The topological polar surface area (TPSA) is 47.6 Å². The summed E-state index contributed by atoms with van der Waals surface area (Å²) in [5, 5.41) is 3.14. The fraction of sp³-hybridized carbons (Fsp3) is 0.917. The first kappa shape index (κ1) is 13.5. The van der Waals surface area contributed by atoms with E-state index in [9.17, 15) is 4.79 Å². The monoisotopic (exact) mass is 229 g/mol. The highest BCUT2D eigenvalue weighted by molar-refractivity contribution is 5.71. The van der Waals surface area contributed by atoms with Crippen molar-refractivity contribution in [1.29, 1.82) is 0 Å². The number of hydrogen-bond acceptors (Lipinski definition) is 4. The van der Waals surface area contributed by atoms with Crippen molar-refractivity contribution < 1.29 is 14.3 Å². The highest BCUT2D eigenvalue weighted by Crippen LogP contribution is 2.22. The van der Waals surface area contributed by atoms with Crippen LogP contribution in [-0.4, -0.2) is 37.9 Å². The Morgan fingerprint density at radius 2 is 2.31 bits per heavy atom. The van der Waals surface area contributed by atoms with Gasteiger partial charge in [-0.1, -0.05) is 6.92 Å². The van der Waals surface area contributed by atoms with E-state index in [1.54, 1.807) is 0 Å². The van der Waals surface area contributed by atoms with Gasteiger partial charge in [-0.2, -0.15) is 0 Å². The lowest BCUT2D eigenvalue weighted by atomic mass is 10.00. The SMILES string of the molecule is CCC1OCCC1CNCC(=O)OC(C)C. The maximum Gasteiger partial charge on any atom is 0.320 e. The van der Waals surface area contributed by atoms with E-state index in [1.807, 2.05) is 13.8 Å². The standard InChI is InChI=1S/C12H23NO3/c1-4-11-10(5-6-15-11)7-13-8-12(14)16-9(2)3/h9-11,13H,4-8H2,1-3H3. The van der Waals surface area contributed by atoms with Crippen LogP contribution in [0, 0.1) is 5.92 Å². The van der Waals surface area contributed by atoms with Crippen LogP contribution in [0.15, 0.2) is 0 Å². The largest absolute Gasteiger partial charge is 0.462 e. The summed E-state index contributed by atoms with van der Waals surface area (Å²) in [6.07, 6.45) is 2.45. The van der Waals surface area contributed by atoms with Gasteiger partial charge in [-0.05, 0) is 32.6 Å². The number of nitrogens with one attached hydrogen (secondary N) is 1. The van der Waals surface area contributed by atoms with Gasteiger partial charge in [-0.3, -0.25) is 4.79 Å². The molecular weight excluding hydrogens is 206 g/mol. The van der Waals surface area contributed by atoms with Gasteiger partial charge >= 0.3 is 5.97 Å². The van der Waals surface area contributed by atoms with Crippen LogP contribution >= 0.6 is 0 Å². The molecule has 0 spiro atoms. The predicted molar refractivity (Wildman–Crippen MR) is 62.2 cm³/mol. The maximum atomic E-state index is 11.3. The Hall–Kier alpha value is -0.610. The van der Waals surface area contributed by atoms with E-state index in [-0.39, 0.29) is 12.1 Å². The third-order valence-electron chi connectivity index (χ3n) is 2.79. The van der Waals surface area contributed by atoms with Crippen LogP contribution in [-0.2, 0) is 14.3 Å². The van der Waals surface area contributed by atoms with Crippen molar-refractivity contribution in [2.45, 2.75) is 45.8 Å². The summed E-state index contributed by atoms with van der Waals surface area (Å²) in [5.74, 6) is 0.360. The molecule has 0 aromatic rings. The van der Waals surface area contributed by atoms with E-state index in [0.29, 0.717) is 18.6 Å². The summed E-state index contributed by atoms with van der Waals surface area (Å²) >= 11 is 0. The molecule has 1 aliphatic heterocycles. The Morgan fingerprint density at radius 3 is 2.94 bits per heavy atom. The van der Waals surface area contributed by atoms with Gasteiger partial charge in [-0.15, -0.1) is 0 Å². The second-order valence-corrected chi connectivity index (χ2v) is 4.54. The predicted octanol–water partition coefficient (Wildman–Crippen LogP) is 1.34. The molecule has 94 valence electrons. The smallest absolute Gasteiger partial charge is 0.320 e. The first-order valence-electron chi connectivity index (χ1n) is 6.15. The Kier molecular flexibility index (Phi) is 5.77. The van der Waals surface area contributed by atoms with Crippen LogP contribution in [0.25, 0.3) is 0 Å². The van der Waals surface area contributed by atoms with Crippen LogP contribution in [0.1, 0.15) is 33.6 Å². The summed E-state index contributed by atoms with van der Waals surface area (Å²) in [4.78, 5) is 11.3. The van der Waals surface area contributed by atoms with E-state index in [2.05, 4.69) is 12.2 Å². The number of esters is 1. The van der Waals surface area contributed by atoms with Crippen molar-refractivity contribution in [2.24, 2.45) is 5.92 Å². The summed E-state index contributed by atoms with van der Waals surface area (Å²) in [5.41, 5.74) is 0. The Morgan fingerprint density at radius 1 is 1.56 bits per heavy atom. The summed E-state index contributed by atoms with van der Waals surface area (Å²) in [7, 11) is 0. The molecule has 0 aromatic carbocycles. The van der Waals surface area contributed by atoms with Crippen molar-refractivity contribution >= 4 is 5.97 Å². The molecule has 0 saturated carbocycles. The van der Waals surface area contributed by atoms with Gasteiger partial charge in [0.1, 0.15) is 0 Å². The van der Waals surface area contributed by atoms with Gasteiger partial charge in [0.15, 0.2) is 0 Å². The summed E-state index contributed by atoms with van der Waals surface area (Å²) in [6.45, 7) is 7.83. The normalized spacial score (nSPS) is 25.0. The van der Waals surface area contributed by atoms with Crippen molar-refractivity contribution in [2.75, 3.05) is 19.7 Å². The third-order valence-corrected chi connectivity index (χ3v) is 2.79. The first-order valence-corrected chi connectivity index (χ1v) is 6.15. The fourth-order valence-electron chi connectivity index (χ4n) is 2.04. The van der Waals surface area contributed by atoms with E-state index in [4.69, 9.17) is 9.47 Å². The van der Waals surface area contributed by atoms with Crippen molar-refractivity contribution in [3.05, 3.63) is 0 Å². The highest BCUT2D eigenvalue weighted by Gasteiger charge is 2.26. The first-order chi connectivity index (χ1) is 7.63. The molecule has 0 bridgehead atoms. The molecule has 4 nitrogen and oxygen atoms in total. The lowest BCUT2D eigenvalue weighted by Crippen LogP contribution is -2.33. The molecule has 0 amide bonds. The van der Waals surface area contributed by atoms with Crippen LogP contribution in [0.4, 0.5) is 0 Å². The molecule has 16 heavy (non-hydrogen) atoms. The second kappa shape index (κ2) is 6.86. The van der Waals surface area contributed by atoms with E-state index in [0.717, 1.165) is 26.0 Å². The summed E-state index contributed by atoms with van der Waals surface area (Å²) < 4.78 is 10.6. The van der Waals surface area contributed by atoms with E-state index >= 15 is 0 Å². The van der Waals surface area contributed by atoms with Crippen LogP contribution in [0.2, 0.25) is 0 Å². The molecule has 1 rings (SSSR count). The lowest BCUT2D eigenvalue weighted by Gasteiger charge is -2.17. The van der Waals surface area contributed by atoms with Crippen LogP contribution < -0.4 is 5.32 Å². The number of carbonyl (C=O) groups excluding carboxylic acids is 1. The van der Waals surface area contributed by atoms with Crippen LogP contribution in [0.3, 0.4) is 0 Å². The van der Waals surface area contributed by atoms with Gasteiger partial charge in [0, 0.05) is 13.2 Å². The molecule has 1 aliphatic rings. The zero-order valence-electron chi connectivity index (χ0n) is 10.5. The molecule has 2 unspecified atom stereocenters. The zero-order valence-corrected chi connectivity index (χ0v) is 10.5. The molecule has 0 aromatic heterocycles. The number of ether oxygens (including phenoxy) is 2. The second-order valence-electron chi connectivity index (χ2n) is 4.54. The quantitative estimate of drug-likeness (QED) is 0.698. The van der Waals surface area contributed by atoms with Gasteiger partial charge < -0.3 is 14.8 Å². The van der Waals surface area contributed by atoms with Gasteiger partial charge in [0.25, 0.3) is 0 Å². The highest BCUT2D eigenvalue weighted by atomic mass is 16.5. The van der Waals surface area contributed by atoms with Crippen molar-refractivity contribution in [3.8, 4) is 0 Å². The molecule has 1 fully saturated rings. The average Bonchev–Trinajstić information content (AvgIpc) is 2.64. The Balaban J connectivity index is 2.12. The number of hydrogen-bond donors (Lipinski definition) is 1. The molecule has 2 atom stereocenters. The number of carbonyl (C=O) groups is 1. The molecule has 1 saturated heterocycles. The average molecular weight is 229 g/mol. The zero-order chi connectivity index (χ0) is 12.0. The summed E-state index contributed by atoms with van der Waals surface area (Å²) in [6, 6.07) is 0. The van der Waals surface area contributed by atoms with Crippen molar-refractivity contribution in [1.82, 2.24) is 5.32 Å². The molecule has 1 N–H and O–H groups in total. The van der Waals surface area contributed by atoms with Gasteiger partial charge in [0.2, 0.25) is 0 Å². The minimum absolute atomic E-state index is 0.0347. The molecule has 4 heteroatoms. The maximum absolute atomic E-state index is 11.3. The van der Waals surface area contributed by atoms with E-state index in [1.165, 1.54) is 0 Å². The molecule has 0 aliphatic carbocycles. The Bertz CT molecular complexity index is 218. The fourth-order valence-corrected chi connectivity index (χ4v) is 2.04. The minimum atomic E-state index is -0.179.